The zero-order valence-corrected chi connectivity index (χ0v) is 8.14. The second-order valence-electron chi connectivity index (χ2n) is 3.56. The predicted molar refractivity (Wildman–Crippen MR) is 57.1 cm³/mol. The van der Waals surface area contributed by atoms with Crippen LogP contribution >= 0.6 is 11.6 Å². The summed E-state index contributed by atoms with van der Waals surface area (Å²) < 4.78 is 0. The lowest BCUT2D eigenvalue weighted by Crippen LogP contribution is -2.05. The zero-order valence-electron chi connectivity index (χ0n) is 7.39. The molecule has 1 aromatic carbocycles. The van der Waals surface area contributed by atoms with Gasteiger partial charge in [0.2, 0.25) is 0 Å². The van der Waals surface area contributed by atoms with Gasteiger partial charge in [-0.1, -0.05) is 11.6 Å². The Morgan fingerprint density at radius 3 is 2.85 bits per heavy atom. The summed E-state index contributed by atoms with van der Waals surface area (Å²) in [5.74, 6) is 0.857. The van der Waals surface area contributed by atoms with Crippen molar-refractivity contribution in [3.8, 4) is 0 Å². The predicted octanol–water partition coefficient (Wildman–Crippen LogP) is 2.74. The van der Waals surface area contributed by atoms with Gasteiger partial charge in [-0.15, -0.1) is 0 Å². The third kappa shape index (κ3) is 2.28. The molecule has 3 heteroatoms. The molecule has 0 aromatic heterocycles. The summed E-state index contributed by atoms with van der Waals surface area (Å²) in [6.07, 6.45) is 2.70. The van der Waals surface area contributed by atoms with E-state index in [1.54, 1.807) is 6.07 Å². The van der Waals surface area contributed by atoms with Crippen LogP contribution in [0.4, 0.5) is 11.4 Å². The molecule has 13 heavy (non-hydrogen) atoms. The number of rotatable bonds is 3. The summed E-state index contributed by atoms with van der Waals surface area (Å²) in [4.78, 5) is 0. The van der Waals surface area contributed by atoms with E-state index in [1.165, 1.54) is 12.8 Å². The summed E-state index contributed by atoms with van der Waals surface area (Å²) in [7, 11) is 0. The maximum Gasteiger partial charge on any atom is 0.0575 e. The van der Waals surface area contributed by atoms with Crippen LogP contribution in [0.3, 0.4) is 0 Å². The fourth-order valence-corrected chi connectivity index (χ4v) is 1.45. The lowest BCUT2D eigenvalue weighted by molar-refractivity contribution is 0.890. The summed E-state index contributed by atoms with van der Waals surface area (Å²) in [5.41, 5.74) is 7.51. The van der Waals surface area contributed by atoms with E-state index in [1.807, 2.05) is 12.1 Å². The Hall–Kier alpha value is -0.890. The minimum absolute atomic E-state index is 0.689. The molecule has 0 unspecified atom stereocenters. The van der Waals surface area contributed by atoms with E-state index in [0.29, 0.717) is 5.02 Å². The van der Waals surface area contributed by atoms with Gasteiger partial charge in [-0.25, -0.2) is 0 Å². The van der Waals surface area contributed by atoms with Crippen LogP contribution in [0.25, 0.3) is 0 Å². The molecule has 0 radical (unpaired) electrons. The average molecular weight is 197 g/mol. The first-order chi connectivity index (χ1) is 6.25. The number of nitrogen functional groups attached to an aromatic ring is 1. The van der Waals surface area contributed by atoms with Crippen LogP contribution in [0.5, 0.6) is 0 Å². The lowest BCUT2D eigenvalue weighted by Gasteiger charge is -2.08. The Morgan fingerprint density at radius 1 is 1.46 bits per heavy atom. The minimum Gasteiger partial charge on any atom is -0.397 e. The molecule has 70 valence electrons. The van der Waals surface area contributed by atoms with Crippen LogP contribution in [0, 0.1) is 5.92 Å². The Kier molecular flexibility index (Phi) is 2.32. The van der Waals surface area contributed by atoms with Gasteiger partial charge in [0.25, 0.3) is 0 Å². The number of anilines is 2. The molecular formula is C10H13ClN2. The molecule has 1 aliphatic rings. The van der Waals surface area contributed by atoms with Gasteiger partial charge in [-0.3, -0.25) is 0 Å². The maximum atomic E-state index is 5.78. The number of benzene rings is 1. The van der Waals surface area contributed by atoms with Crippen LogP contribution in [-0.4, -0.2) is 6.54 Å². The van der Waals surface area contributed by atoms with E-state index >= 15 is 0 Å². The van der Waals surface area contributed by atoms with Gasteiger partial charge in [-0.05, 0) is 37.0 Å². The summed E-state index contributed by atoms with van der Waals surface area (Å²) in [6.45, 7) is 1.03. The normalized spacial score (nSPS) is 15.8. The first-order valence-corrected chi connectivity index (χ1v) is 4.92. The first-order valence-electron chi connectivity index (χ1n) is 4.54. The molecule has 0 bridgehead atoms. The van der Waals surface area contributed by atoms with Gasteiger partial charge < -0.3 is 11.1 Å². The Bertz CT molecular complexity index is 308. The van der Waals surface area contributed by atoms with Crippen LogP contribution in [0.2, 0.25) is 5.02 Å². The molecule has 0 atom stereocenters. The molecule has 1 saturated carbocycles. The highest BCUT2D eigenvalue weighted by Crippen LogP contribution is 2.30. The highest BCUT2D eigenvalue weighted by Gasteiger charge is 2.20. The van der Waals surface area contributed by atoms with Crippen LogP contribution in [-0.2, 0) is 0 Å². The Balaban J connectivity index is 2.01. The fourth-order valence-electron chi connectivity index (χ4n) is 1.27. The zero-order chi connectivity index (χ0) is 9.26. The van der Waals surface area contributed by atoms with Crippen molar-refractivity contribution in [1.29, 1.82) is 0 Å². The maximum absolute atomic E-state index is 5.78. The van der Waals surface area contributed by atoms with Crippen molar-refractivity contribution < 1.29 is 0 Å². The van der Waals surface area contributed by atoms with Crippen LogP contribution < -0.4 is 11.1 Å². The minimum atomic E-state index is 0.689. The molecule has 3 N–H and O–H groups in total. The van der Waals surface area contributed by atoms with Gasteiger partial charge in [0.05, 0.1) is 11.4 Å². The van der Waals surface area contributed by atoms with Crippen LogP contribution in [0.15, 0.2) is 18.2 Å². The van der Waals surface area contributed by atoms with Crippen molar-refractivity contribution in [1.82, 2.24) is 0 Å². The standard InChI is InChI=1S/C10H13ClN2/c11-8-3-4-10(9(12)5-8)13-6-7-1-2-7/h3-5,7,13H,1-2,6,12H2. The highest BCUT2D eigenvalue weighted by molar-refractivity contribution is 6.31. The van der Waals surface area contributed by atoms with E-state index in [0.717, 1.165) is 23.8 Å². The summed E-state index contributed by atoms with van der Waals surface area (Å²) in [6, 6.07) is 5.56. The molecular weight excluding hydrogens is 184 g/mol. The van der Waals surface area contributed by atoms with Gasteiger partial charge in [0.15, 0.2) is 0 Å². The molecule has 1 aliphatic carbocycles. The topological polar surface area (TPSA) is 38.0 Å². The fraction of sp³-hybridized carbons (Fsp3) is 0.400. The molecule has 0 aliphatic heterocycles. The second kappa shape index (κ2) is 3.46. The van der Waals surface area contributed by atoms with Crippen LogP contribution in [0.1, 0.15) is 12.8 Å². The van der Waals surface area contributed by atoms with E-state index in [4.69, 9.17) is 17.3 Å². The molecule has 2 rings (SSSR count). The molecule has 0 saturated heterocycles. The average Bonchev–Trinajstić information content (AvgIpc) is 2.86. The molecule has 0 heterocycles. The quantitative estimate of drug-likeness (QED) is 0.730. The molecule has 0 amide bonds. The van der Waals surface area contributed by atoms with Gasteiger partial charge in [-0.2, -0.15) is 0 Å². The van der Waals surface area contributed by atoms with E-state index in [-0.39, 0.29) is 0 Å². The number of nitrogens with one attached hydrogen (secondary N) is 1. The Labute approximate surface area is 83.1 Å². The van der Waals surface area contributed by atoms with Gasteiger partial charge in [0.1, 0.15) is 0 Å². The van der Waals surface area contributed by atoms with E-state index in [9.17, 15) is 0 Å². The number of nitrogens with two attached hydrogens (primary N) is 1. The van der Waals surface area contributed by atoms with Crippen molar-refractivity contribution in [3.05, 3.63) is 23.2 Å². The van der Waals surface area contributed by atoms with Gasteiger partial charge >= 0.3 is 0 Å². The highest BCUT2D eigenvalue weighted by atomic mass is 35.5. The largest absolute Gasteiger partial charge is 0.397 e. The summed E-state index contributed by atoms with van der Waals surface area (Å²) >= 11 is 5.78. The smallest absolute Gasteiger partial charge is 0.0575 e. The summed E-state index contributed by atoms with van der Waals surface area (Å²) in [5, 5.41) is 4.01. The number of halogens is 1. The van der Waals surface area contributed by atoms with E-state index < -0.39 is 0 Å². The third-order valence-corrected chi connectivity index (χ3v) is 2.53. The molecule has 0 spiro atoms. The van der Waals surface area contributed by atoms with Crippen molar-refractivity contribution in [2.45, 2.75) is 12.8 Å². The number of hydrogen-bond donors (Lipinski definition) is 2. The van der Waals surface area contributed by atoms with Crippen molar-refractivity contribution in [3.63, 3.8) is 0 Å². The van der Waals surface area contributed by atoms with Gasteiger partial charge in [0, 0.05) is 11.6 Å². The van der Waals surface area contributed by atoms with Crippen molar-refractivity contribution in [2.75, 3.05) is 17.6 Å². The first kappa shape index (κ1) is 8.70. The SMILES string of the molecule is Nc1cc(Cl)ccc1NCC1CC1. The third-order valence-electron chi connectivity index (χ3n) is 2.29. The van der Waals surface area contributed by atoms with Crippen molar-refractivity contribution in [2.24, 2.45) is 5.92 Å². The monoisotopic (exact) mass is 196 g/mol. The molecule has 2 nitrogen and oxygen atoms in total. The molecule has 1 fully saturated rings. The molecule has 1 aromatic rings. The lowest BCUT2D eigenvalue weighted by atomic mass is 10.2. The number of hydrogen-bond acceptors (Lipinski definition) is 2. The Morgan fingerprint density at radius 2 is 2.23 bits per heavy atom. The van der Waals surface area contributed by atoms with Crippen molar-refractivity contribution >= 4 is 23.0 Å². The second-order valence-corrected chi connectivity index (χ2v) is 3.99. The van der Waals surface area contributed by atoms with E-state index in [2.05, 4.69) is 5.32 Å².